The van der Waals surface area contributed by atoms with Gasteiger partial charge in [-0.1, -0.05) is 23.7 Å². The van der Waals surface area contributed by atoms with E-state index in [0.717, 1.165) is 15.8 Å². The second kappa shape index (κ2) is 10.8. The van der Waals surface area contributed by atoms with Gasteiger partial charge in [0.05, 0.1) is 27.5 Å². The Hall–Kier alpha value is -2.38. The lowest BCUT2D eigenvalue weighted by atomic mass is 10.2. The molecule has 0 saturated carbocycles. The highest BCUT2D eigenvalue weighted by Gasteiger charge is 2.08. The van der Waals surface area contributed by atoms with Crippen molar-refractivity contribution in [3.8, 4) is 5.75 Å². The van der Waals surface area contributed by atoms with Crippen LogP contribution in [0.4, 0.5) is 5.69 Å². The summed E-state index contributed by atoms with van der Waals surface area (Å²) in [5.41, 5.74) is 3.71. The monoisotopic (exact) mass is 465 g/mol. The van der Waals surface area contributed by atoms with Crippen LogP contribution in [0.1, 0.15) is 32.3 Å². The zero-order valence-corrected chi connectivity index (χ0v) is 17.9. The van der Waals surface area contributed by atoms with E-state index in [4.69, 9.17) is 16.3 Å². The Labute approximate surface area is 177 Å². The first-order valence-electron chi connectivity index (χ1n) is 8.67. The molecule has 2 aromatic rings. The number of para-hydroxylation sites is 1. The third-order valence-electron chi connectivity index (χ3n) is 3.45. The Morgan fingerprint density at radius 2 is 1.89 bits per heavy atom. The van der Waals surface area contributed by atoms with E-state index in [1.165, 1.54) is 6.21 Å². The fraction of sp³-hybridized carbons (Fsp3) is 0.250. The van der Waals surface area contributed by atoms with E-state index < -0.39 is 0 Å². The molecule has 8 heteroatoms. The van der Waals surface area contributed by atoms with Gasteiger partial charge >= 0.3 is 0 Å². The Morgan fingerprint density at radius 3 is 2.57 bits per heavy atom. The summed E-state index contributed by atoms with van der Waals surface area (Å²) in [7, 11) is 0. The fourth-order valence-corrected chi connectivity index (χ4v) is 2.86. The minimum absolute atomic E-state index is 0.0124. The number of hydrogen-bond donors (Lipinski definition) is 2. The number of benzene rings is 2. The van der Waals surface area contributed by atoms with Crippen molar-refractivity contribution >= 4 is 51.2 Å². The van der Waals surface area contributed by atoms with Crippen LogP contribution < -0.4 is 15.5 Å². The molecule has 2 amide bonds. The Balaban J connectivity index is 1.78. The topological polar surface area (TPSA) is 79.8 Å². The number of amides is 2. The van der Waals surface area contributed by atoms with Crippen molar-refractivity contribution in [3.63, 3.8) is 0 Å². The highest BCUT2D eigenvalue weighted by molar-refractivity contribution is 9.10. The summed E-state index contributed by atoms with van der Waals surface area (Å²) < 4.78 is 6.44. The maximum Gasteiger partial charge on any atom is 0.240 e. The minimum atomic E-state index is -0.357. The summed E-state index contributed by atoms with van der Waals surface area (Å²) in [5, 5.41) is 7.02. The molecule has 0 spiro atoms. The van der Waals surface area contributed by atoms with Crippen LogP contribution in [0.15, 0.2) is 52.0 Å². The van der Waals surface area contributed by atoms with Crippen molar-refractivity contribution in [1.82, 2.24) is 5.43 Å². The molecule has 0 aliphatic rings. The molecule has 0 aliphatic heterocycles. The number of hydrazone groups is 1. The molecule has 2 aromatic carbocycles. The van der Waals surface area contributed by atoms with E-state index in [0.29, 0.717) is 10.7 Å². The lowest BCUT2D eigenvalue weighted by Gasteiger charge is -2.11. The third-order valence-corrected chi connectivity index (χ3v) is 4.40. The number of anilines is 1. The maximum atomic E-state index is 11.9. The number of carbonyl (C=O) groups excluding carboxylic acids is 2. The summed E-state index contributed by atoms with van der Waals surface area (Å²) in [5.74, 6) is 0.0852. The first kappa shape index (κ1) is 21.9. The van der Waals surface area contributed by atoms with Crippen LogP contribution in [0, 0.1) is 0 Å². The molecule has 0 bridgehead atoms. The molecule has 0 heterocycles. The average molecular weight is 467 g/mol. The number of hydrogen-bond acceptors (Lipinski definition) is 4. The number of nitrogens with zero attached hydrogens (tertiary/aromatic N) is 1. The quantitative estimate of drug-likeness (QED) is 0.435. The van der Waals surface area contributed by atoms with Gasteiger partial charge in [0.25, 0.3) is 0 Å². The van der Waals surface area contributed by atoms with E-state index in [-0.39, 0.29) is 30.8 Å². The standard InChI is InChI=1S/C20H21BrClN3O3/c1-13(2)28-18-8-7-14(11-15(18)21)12-23-25-20(27)10-9-19(26)24-17-6-4-3-5-16(17)22/h3-8,11-13H,9-10H2,1-2H3,(H,24,26)(H,25,27). The molecule has 0 atom stereocenters. The SMILES string of the molecule is CC(C)Oc1ccc(C=NNC(=O)CCC(=O)Nc2ccccc2Cl)cc1Br. The third kappa shape index (κ3) is 7.32. The molecular weight excluding hydrogens is 446 g/mol. The lowest BCUT2D eigenvalue weighted by Crippen LogP contribution is -2.20. The van der Waals surface area contributed by atoms with E-state index in [1.54, 1.807) is 24.3 Å². The highest BCUT2D eigenvalue weighted by Crippen LogP contribution is 2.26. The minimum Gasteiger partial charge on any atom is -0.490 e. The molecule has 0 saturated heterocycles. The van der Waals surface area contributed by atoms with Crippen molar-refractivity contribution in [2.45, 2.75) is 32.8 Å². The molecule has 0 radical (unpaired) electrons. The second-order valence-electron chi connectivity index (χ2n) is 6.18. The molecular formula is C20H21BrClN3O3. The average Bonchev–Trinajstić information content (AvgIpc) is 2.64. The molecule has 148 valence electrons. The first-order chi connectivity index (χ1) is 13.3. The van der Waals surface area contributed by atoms with Gasteiger partial charge in [-0.15, -0.1) is 0 Å². The van der Waals surface area contributed by atoms with Gasteiger partial charge in [0.15, 0.2) is 0 Å². The first-order valence-corrected chi connectivity index (χ1v) is 9.84. The summed E-state index contributed by atoms with van der Waals surface area (Å²) in [6, 6.07) is 12.4. The van der Waals surface area contributed by atoms with E-state index in [1.807, 2.05) is 32.0 Å². The fourth-order valence-electron chi connectivity index (χ4n) is 2.18. The largest absolute Gasteiger partial charge is 0.490 e. The van der Waals surface area contributed by atoms with Gasteiger partial charge < -0.3 is 10.1 Å². The molecule has 2 N–H and O–H groups in total. The van der Waals surface area contributed by atoms with E-state index in [9.17, 15) is 9.59 Å². The van der Waals surface area contributed by atoms with E-state index in [2.05, 4.69) is 31.8 Å². The second-order valence-corrected chi connectivity index (χ2v) is 7.44. The normalized spacial score (nSPS) is 10.9. The zero-order valence-electron chi connectivity index (χ0n) is 15.5. The van der Waals surface area contributed by atoms with E-state index >= 15 is 0 Å². The van der Waals surface area contributed by atoms with Gasteiger partial charge in [-0.2, -0.15) is 5.10 Å². The molecule has 2 rings (SSSR count). The Kier molecular flexibility index (Phi) is 8.47. The van der Waals surface area contributed by atoms with Gasteiger partial charge in [-0.25, -0.2) is 5.43 Å². The number of rotatable bonds is 8. The van der Waals surface area contributed by atoms with Crippen LogP contribution in [0.3, 0.4) is 0 Å². The smallest absolute Gasteiger partial charge is 0.240 e. The number of nitrogens with one attached hydrogen (secondary N) is 2. The van der Waals surface area contributed by atoms with Gasteiger partial charge in [-0.05, 0) is 65.7 Å². The molecule has 6 nitrogen and oxygen atoms in total. The van der Waals surface area contributed by atoms with Gasteiger partial charge in [0.2, 0.25) is 11.8 Å². The highest BCUT2D eigenvalue weighted by atomic mass is 79.9. The van der Waals surface area contributed by atoms with Crippen molar-refractivity contribution in [1.29, 1.82) is 0 Å². The van der Waals surface area contributed by atoms with Gasteiger partial charge in [-0.3, -0.25) is 9.59 Å². The number of carbonyl (C=O) groups is 2. The summed E-state index contributed by atoms with van der Waals surface area (Å²) in [6.45, 7) is 3.90. The molecule has 0 unspecified atom stereocenters. The Morgan fingerprint density at radius 1 is 1.18 bits per heavy atom. The van der Waals surface area contributed by atoms with Crippen LogP contribution in [0.2, 0.25) is 5.02 Å². The number of ether oxygens (including phenoxy) is 1. The molecule has 28 heavy (non-hydrogen) atoms. The van der Waals surface area contributed by atoms with Gasteiger partial charge in [0.1, 0.15) is 5.75 Å². The maximum absolute atomic E-state index is 11.9. The summed E-state index contributed by atoms with van der Waals surface area (Å²) >= 11 is 9.42. The van der Waals surface area contributed by atoms with Crippen LogP contribution in [-0.4, -0.2) is 24.1 Å². The van der Waals surface area contributed by atoms with Crippen molar-refractivity contribution < 1.29 is 14.3 Å². The van der Waals surface area contributed by atoms with Gasteiger partial charge in [0, 0.05) is 12.8 Å². The lowest BCUT2D eigenvalue weighted by molar-refractivity contribution is -0.124. The van der Waals surface area contributed by atoms with Crippen molar-refractivity contribution in [2.75, 3.05) is 5.32 Å². The van der Waals surface area contributed by atoms with Crippen LogP contribution in [0.5, 0.6) is 5.75 Å². The molecule has 0 aliphatic carbocycles. The number of halogens is 2. The molecule has 0 fully saturated rings. The summed E-state index contributed by atoms with van der Waals surface area (Å²) in [6.07, 6.45) is 1.63. The van der Waals surface area contributed by atoms with Crippen molar-refractivity contribution in [3.05, 3.63) is 57.5 Å². The Bertz CT molecular complexity index is 872. The van der Waals surface area contributed by atoms with Crippen LogP contribution >= 0.6 is 27.5 Å². The predicted molar refractivity (Wildman–Crippen MR) is 115 cm³/mol. The predicted octanol–water partition coefficient (Wildman–Crippen LogP) is 4.76. The zero-order chi connectivity index (χ0) is 20.5. The van der Waals surface area contributed by atoms with Crippen molar-refractivity contribution in [2.24, 2.45) is 5.10 Å². The molecule has 0 aromatic heterocycles. The van der Waals surface area contributed by atoms with Crippen LogP contribution in [-0.2, 0) is 9.59 Å². The summed E-state index contributed by atoms with van der Waals surface area (Å²) in [4.78, 5) is 23.7. The van der Waals surface area contributed by atoms with Crippen LogP contribution in [0.25, 0.3) is 0 Å².